The first-order chi connectivity index (χ1) is 7.20. The molecule has 2 atom stereocenters. The molecule has 0 spiro atoms. The first kappa shape index (κ1) is 10.6. The van der Waals surface area contributed by atoms with Gasteiger partial charge in [0, 0.05) is 0 Å². The molecule has 0 aliphatic carbocycles. The molecule has 2 unspecified atom stereocenters. The molecule has 0 saturated carbocycles. The van der Waals surface area contributed by atoms with Crippen LogP contribution in [0.1, 0.15) is 24.8 Å². The number of nitrogens with one attached hydrogen (secondary N) is 1. The molecule has 0 bridgehead atoms. The summed E-state index contributed by atoms with van der Waals surface area (Å²) < 4.78 is 26.6. The van der Waals surface area contributed by atoms with Crippen molar-refractivity contribution in [1.82, 2.24) is 5.32 Å². The molecule has 1 saturated heterocycles. The van der Waals surface area contributed by atoms with E-state index in [2.05, 4.69) is 12.2 Å². The van der Waals surface area contributed by atoms with Crippen LogP contribution in [0.5, 0.6) is 0 Å². The minimum Gasteiger partial charge on any atom is -0.316 e. The summed E-state index contributed by atoms with van der Waals surface area (Å²) >= 11 is 0. The molecule has 0 aromatic heterocycles. The van der Waals surface area contributed by atoms with Crippen molar-refractivity contribution in [2.45, 2.75) is 19.3 Å². The lowest BCUT2D eigenvalue weighted by Crippen LogP contribution is -2.34. The van der Waals surface area contributed by atoms with Gasteiger partial charge in [0.2, 0.25) is 0 Å². The van der Waals surface area contributed by atoms with Gasteiger partial charge in [-0.15, -0.1) is 0 Å². The summed E-state index contributed by atoms with van der Waals surface area (Å²) in [6.07, 6.45) is 0.877. The molecule has 15 heavy (non-hydrogen) atoms. The molecular weight excluding hydrogens is 196 g/mol. The second-order valence-corrected chi connectivity index (χ2v) is 4.22. The molecule has 3 heteroatoms. The molecule has 1 aliphatic heterocycles. The van der Waals surface area contributed by atoms with Gasteiger partial charge >= 0.3 is 0 Å². The number of benzene rings is 1. The van der Waals surface area contributed by atoms with Crippen LogP contribution in [-0.4, -0.2) is 13.1 Å². The van der Waals surface area contributed by atoms with E-state index in [0.717, 1.165) is 19.5 Å². The number of piperidine rings is 1. The Morgan fingerprint density at radius 3 is 2.87 bits per heavy atom. The van der Waals surface area contributed by atoms with Crippen molar-refractivity contribution in [2.75, 3.05) is 13.1 Å². The summed E-state index contributed by atoms with van der Waals surface area (Å²) in [6, 6.07) is 4.46. The van der Waals surface area contributed by atoms with Crippen LogP contribution in [0.3, 0.4) is 0 Å². The van der Waals surface area contributed by atoms with E-state index in [1.54, 1.807) is 12.1 Å². The van der Waals surface area contributed by atoms with Crippen molar-refractivity contribution in [2.24, 2.45) is 5.92 Å². The van der Waals surface area contributed by atoms with Gasteiger partial charge in [0.05, 0.1) is 0 Å². The Balaban J connectivity index is 2.31. The van der Waals surface area contributed by atoms with Gasteiger partial charge in [-0.25, -0.2) is 8.78 Å². The Hall–Kier alpha value is -0.960. The van der Waals surface area contributed by atoms with Gasteiger partial charge in [-0.2, -0.15) is 0 Å². The van der Waals surface area contributed by atoms with Crippen LogP contribution < -0.4 is 5.32 Å². The molecule has 1 aromatic rings. The van der Waals surface area contributed by atoms with E-state index < -0.39 is 11.6 Å². The van der Waals surface area contributed by atoms with Gasteiger partial charge in [-0.1, -0.05) is 19.1 Å². The standard InChI is InChI=1S/C12H15F2N/c1-8-7-15-6-5-9(8)10-3-2-4-11(13)12(10)14/h2-4,8-9,15H,5-7H2,1H3. The number of hydrogen-bond donors (Lipinski definition) is 1. The van der Waals surface area contributed by atoms with E-state index in [0.29, 0.717) is 11.5 Å². The fourth-order valence-electron chi connectivity index (χ4n) is 2.28. The van der Waals surface area contributed by atoms with Crippen LogP contribution in [-0.2, 0) is 0 Å². The normalized spacial score (nSPS) is 26.6. The smallest absolute Gasteiger partial charge is 0.162 e. The highest BCUT2D eigenvalue weighted by Crippen LogP contribution is 2.32. The molecule has 0 amide bonds. The van der Waals surface area contributed by atoms with E-state index in [1.165, 1.54) is 6.07 Å². The van der Waals surface area contributed by atoms with E-state index in [-0.39, 0.29) is 5.92 Å². The van der Waals surface area contributed by atoms with Crippen molar-refractivity contribution in [1.29, 1.82) is 0 Å². The minimum absolute atomic E-state index is 0.141. The van der Waals surface area contributed by atoms with Crippen LogP contribution in [0.2, 0.25) is 0 Å². The van der Waals surface area contributed by atoms with Gasteiger partial charge in [-0.05, 0) is 43.0 Å². The highest BCUT2D eigenvalue weighted by molar-refractivity contribution is 5.24. The fraction of sp³-hybridized carbons (Fsp3) is 0.500. The van der Waals surface area contributed by atoms with E-state index >= 15 is 0 Å². The average Bonchev–Trinajstić information content (AvgIpc) is 2.23. The van der Waals surface area contributed by atoms with E-state index in [4.69, 9.17) is 0 Å². The van der Waals surface area contributed by atoms with Crippen molar-refractivity contribution in [3.8, 4) is 0 Å². The first-order valence-corrected chi connectivity index (χ1v) is 5.34. The summed E-state index contributed by atoms with van der Waals surface area (Å²) in [5, 5.41) is 3.25. The van der Waals surface area contributed by atoms with Gasteiger partial charge in [0.1, 0.15) is 0 Å². The molecule has 1 fully saturated rings. The second kappa shape index (κ2) is 4.27. The van der Waals surface area contributed by atoms with Gasteiger partial charge in [-0.3, -0.25) is 0 Å². The summed E-state index contributed by atoms with van der Waals surface area (Å²) in [6.45, 7) is 3.83. The first-order valence-electron chi connectivity index (χ1n) is 5.34. The predicted octanol–water partition coefficient (Wildman–Crippen LogP) is 2.68. The second-order valence-electron chi connectivity index (χ2n) is 4.22. The van der Waals surface area contributed by atoms with Crippen molar-refractivity contribution in [3.05, 3.63) is 35.4 Å². The Morgan fingerprint density at radius 1 is 1.33 bits per heavy atom. The van der Waals surface area contributed by atoms with Crippen LogP contribution >= 0.6 is 0 Å². The number of halogens is 2. The number of hydrogen-bond acceptors (Lipinski definition) is 1. The average molecular weight is 211 g/mol. The predicted molar refractivity (Wildman–Crippen MR) is 55.7 cm³/mol. The minimum atomic E-state index is -0.738. The van der Waals surface area contributed by atoms with Crippen molar-refractivity contribution < 1.29 is 8.78 Å². The van der Waals surface area contributed by atoms with Gasteiger partial charge in [0.15, 0.2) is 11.6 Å². The topological polar surface area (TPSA) is 12.0 Å². The molecular formula is C12H15F2N. The molecule has 1 aromatic carbocycles. The zero-order chi connectivity index (χ0) is 10.8. The van der Waals surface area contributed by atoms with Crippen molar-refractivity contribution in [3.63, 3.8) is 0 Å². The fourth-order valence-corrected chi connectivity index (χ4v) is 2.28. The summed E-state index contributed by atoms with van der Waals surface area (Å²) in [4.78, 5) is 0. The number of rotatable bonds is 1. The highest BCUT2D eigenvalue weighted by Gasteiger charge is 2.25. The monoisotopic (exact) mass is 211 g/mol. The summed E-state index contributed by atoms with van der Waals surface area (Å²) in [7, 11) is 0. The van der Waals surface area contributed by atoms with E-state index in [9.17, 15) is 8.78 Å². The summed E-state index contributed by atoms with van der Waals surface area (Å²) in [5.74, 6) is -0.911. The third-order valence-corrected chi connectivity index (χ3v) is 3.17. The Kier molecular flexibility index (Phi) is 3.00. The maximum absolute atomic E-state index is 13.6. The lowest BCUT2D eigenvalue weighted by Gasteiger charge is -2.30. The quantitative estimate of drug-likeness (QED) is 0.753. The molecule has 2 rings (SSSR count). The SMILES string of the molecule is CC1CNCCC1c1cccc(F)c1F. The third-order valence-electron chi connectivity index (χ3n) is 3.17. The van der Waals surface area contributed by atoms with E-state index in [1.807, 2.05) is 0 Å². The highest BCUT2D eigenvalue weighted by atomic mass is 19.2. The van der Waals surface area contributed by atoms with Crippen LogP contribution in [0.4, 0.5) is 8.78 Å². The van der Waals surface area contributed by atoms with Gasteiger partial charge in [0.25, 0.3) is 0 Å². The Labute approximate surface area is 88.5 Å². The largest absolute Gasteiger partial charge is 0.316 e. The molecule has 82 valence electrons. The zero-order valence-corrected chi connectivity index (χ0v) is 8.76. The molecule has 0 radical (unpaired) electrons. The zero-order valence-electron chi connectivity index (χ0n) is 8.76. The lowest BCUT2D eigenvalue weighted by molar-refractivity contribution is 0.337. The maximum atomic E-state index is 13.6. The van der Waals surface area contributed by atoms with Crippen molar-refractivity contribution >= 4 is 0 Å². The molecule has 1 nitrogen and oxygen atoms in total. The van der Waals surface area contributed by atoms with Crippen LogP contribution in [0.15, 0.2) is 18.2 Å². The maximum Gasteiger partial charge on any atom is 0.162 e. The molecule has 1 N–H and O–H groups in total. The van der Waals surface area contributed by atoms with Gasteiger partial charge < -0.3 is 5.32 Å². The Morgan fingerprint density at radius 2 is 2.13 bits per heavy atom. The van der Waals surface area contributed by atoms with Crippen LogP contribution in [0, 0.1) is 17.6 Å². The third kappa shape index (κ3) is 2.02. The molecule has 1 heterocycles. The molecule has 1 aliphatic rings. The lowest BCUT2D eigenvalue weighted by atomic mass is 9.82. The van der Waals surface area contributed by atoms with Crippen LogP contribution in [0.25, 0.3) is 0 Å². The Bertz CT molecular complexity index is 351. The summed E-state index contributed by atoms with van der Waals surface area (Å²) in [5.41, 5.74) is 0.531.